The summed E-state index contributed by atoms with van der Waals surface area (Å²) in [5.74, 6) is 0.896. The lowest BCUT2D eigenvalue weighted by atomic mass is 10.0. The largest absolute Gasteiger partial charge is 0.493 e. The number of ether oxygens (including phenoxy) is 3. The van der Waals surface area contributed by atoms with Gasteiger partial charge in [0, 0.05) is 12.0 Å². The van der Waals surface area contributed by atoms with E-state index in [9.17, 15) is 9.59 Å². The van der Waals surface area contributed by atoms with Crippen LogP contribution in [0.1, 0.15) is 23.6 Å². The molecule has 1 atom stereocenters. The molecule has 0 spiro atoms. The van der Waals surface area contributed by atoms with Gasteiger partial charge < -0.3 is 19.5 Å². The predicted molar refractivity (Wildman–Crippen MR) is 95.1 cm³/mol. The first-order chi connectivity index (χ1) is 12.7. The van der Waals surface area contributed by atoms with Crippen LogP contribution in [-0.2, 0) is 20.7 Å². The summed E-state index contributed by atoms with van der Waals surface area (Å²) in [5.41, 5.74) is 1.81. The molecule has 0 fully saturated rings. The molecule has 6 heteroatoms. The second-order valence-corrected chi connectivity index (χ2v) is 5.98. The second-order valence-electron chi connectivity index (χ2n) is 5.98. The third-order valence-corrected chi connectivity index (χ3v) is 4.16. The molecule has 1 heterocycles. The van der Waals surface area contributed by atoms with Crippen LogP contribution in [0, 0.1) is 0 Å². The van der Waals surface area contributed by atoms with Gasteiger partial charge in [0.15, 0.2) is 6.61 Å². The number of nitrogens with one attached hydrogen (secondary N) is 1. The Morgan fingerprint density at radius 2 is 1.92 bits per heavy atom. The van der Waals surface area contributed by atoms with Crippen molar-refractivity contribution in [2.45, 2.75) is 18.9 Å². The van der Waals surface area contributed by atoms with Gasteiger partial charge in [-0.05, 0) is 23.8 Å². The van der Waals surface area contributed by atoms with Crippen molar-refractivity contribution in [1.29, 1.82) is 0 Å². The van der Waals surface area contributed by atoms with Gasteiger partial charge in [0.05, 0.1) is 26.2 Å². The van der Waals surface area contributed by atoms with Crippen LogP contribution in [0.4, 0.5) is 0 Å². The van der Waals surface area contributed by atoms with Crippen molar-refractivity contribution in [3.05, 3.63) is 59.7 Å². The van der Waals surface area contributed by atoms with Crippen molar-refractivity contribution in [2.24, 2.45) is 0 Å². The van der Waals surface area contributed by atoms with E-state index in [1.54, 1.807) is 24.3 Å². The van der Waals surface area contributed by atoms with Gasteiger partial charge in [-0.1, -0.05) is 30.3 Å². The Kier molecular flexibility index (Phi) is 5.73. The van der Waals surface area contributed by atoms with E-state index in [-0.39, 0.29) is 30.9 Å². The van der Waals surface area contributed by atoms with Crippen LogP contribution in [-0.4, -0.2) is 32.2 Å². The molecule has 6 nitrogen and oxygen atoms in total. The number of benzene rings is 2. The van der Waals surface area contributed by atoms with Crippen molar-refractivity contribution >= 4 is 11.9 Å². The maximum atomic E-state index is 12.2. The van der Waals surface area contributed by atoms with E-state index in [0.29, 0.717) is 12.4 Å². The minimum absolute atomic E-state index is 0.0708. The average Bonchev–Trinajstić information content (AvgIpc) is 2.67. The highest BCUT2D eigenvalue weighted by Crippen LogP contribution is 2.31. The summed E-state index contributed by atoms with van der Waals surface area (Å²) >= 11 is 0. The van der Waals surface area contributed by atoms with Crippen molar-refractivity contribution in [1.82, 2.24) is 5.32 Å². The van der Waals surface area contributed by atoms with Crippen LogP contribution in [0.5, 0.6) is 11.5 Å². The smallest absolute Gasteiger partial charge is 0.309 e. The Labute approximate surface area is 152 Å². The first-order valence-electron chi connectivity index (χ1n) is 8.45. The molecule has 1 aliphatic rings. The highest BCUT2D eigenvalue weighted by Gasteiger charge is 2.22. The van der Waals surface area contributed by atoms with Gasteiger partial charge in [0.1, 0.15) is 11.5 Å². The number of hydrogen-bond acceptors (Lipinski definition) is 5. The zero-order chi connectivity index (χ0) is 18.4. The molecular formula is C20H21NO5. The number of esters is 1. The molecule has 3 rings (SSSR count). The normalized spacial score (nSPS) is 15.3. The summed E-state index contributed by atoms with van der Waals surface area (Å²) in [4.78, 5) is 23.5. The number of carbonyl (C=O) groups excluding carboxylic acids is 2. The standard InChI is InChI=1S/C20H21NO5/c1-24-20(23)12-14-6-8-15(9-7-14)26-13-19(22)21-17-10-11-25-18-5-3-2-4-16(17)18/h2-9,17H,10-13H2,1H3,(H,21,22)/t17-/m1/s1. The van der Waals surface area contributed by atoms with E-state index >= 15 is 0 Å². The van der Waals surface area contributed by atoms with Gasteiger partial charge in [-0.3, -0.25) is 9.59 Å². The number of amides is 1. The highest BCUT2D eigenvalue weighted by atomic mass is 16.5. The number of rotatable bonds is 6. The van der Waals surface area contributed by atoms with Gasteiger partial charge in [0.2, 0.25) is 0 Å². The molecule has 0 bridgehead atoms. The molecule has 0 aliphatic carbocycles. The summed E-state index contributed by atoms with van der Waals surface area (Å²) < 4.78 is 15.7. The van der Waals surface area contributed by atoms with Crippen molar-refractivity contribution < 1.29 is 23.8 Å². The van der Waals surface area contributed by atoms with Crippen molar-refractivity contribution in [3.63, 3.8) is 0 Å². The number of para-hydroxylation sites is 1. The quantitative estimate of drug-likeness (QED) is 0.806. The molecule has 0 aromatic heterocycles. The van der Waals surface area contributed by atoms with E-state index < -0.39 is 0 Å². The van der Waals surface area contributed by atoms with E-state index in [0.717, 1.165) is 23.3 Å². The van der Waals surface area contributed by atoms with Gasteiger partial charge >= 0.3 is 5.97 Å². The lowest BCUT2D eigenvalue weighted by Crippen LogP contribution is -2.35. The van der Waals surface area contributed by atoms with E-state index in [1.807, 2.05) is 24.3 Å². The summed E-state index contributed by atoms with van der Waals surface area (Å²) in [7, 11) is 1.36. The number of carbonyl (C=O) groups is 2. The monoisotopic (exact) mass is 355 g/mol. The fourth-order valence-corrected chi connectivity index (χ4v) is 2.82. The molecule has 0 saturated carbocycles. The Bertz CT molecular complexity index is 772. The molecule has 0 saturated heterocycles. The first-order valence-corrected chi connectivity index (χ1v) is 8.45. The molecule has 136 valence electrons. The Balaban J connectivity index is 1.51. The molecule has 1 amide bonds. The molecule has 2 aromatic carbocycles. The van der Waals surface area contributed by atoms with Crippen molar-refractivity contribution in [2.75, 3.05) is 20.3 Å². The predicted octanol–water partition coefficient (Wildman–Crippen LogP) is 2.42. The van der Waals surface area contributed by atoms with Crippen LogP contribution in [0.2, 0.25) is 0 Å². The molecule has 1 aliphatic heterocycles. The number of methoxy groups -OCH3 is 1. The minimum atomic E-state index is -0.296. The van der Waals surface area contributed by atoms with E-state index in [1.165, 1.54) is 7.11 Å². The Hall–Kier alpha value is -3.02. The minimum Gasteiger partial charge on any atom is -0.493 e. The molecular weight excluding hydrogens is 334 g/mol. The topological polar surface area (TPSA) is 73.9 Å². The number of hydrogen-bond donors (Lipinski definition) is 1. The summed E-state index contributed by atoms with van der Waals surface area (Å²) in [5, 5.41) is 2.99. The Morgan fingerprint density at radius 1 is 1.15 bits per heavy atom. The molecule has 2 aromatic rings. The van der Waals surface area contributed by atoms with Gasteiger partial charge in [0.25, 0.3) is 5.91 Å². The number of fused-ring (bicyclic) bond motifs is 1. The van der Waals surface area contributed by atoms with Crippen LogP contribution in [0.25, 0.3) is 0 Å². The lowest BCUT2D eigenvalue weighted by molar-refractivity contribution is -0.139. The van der Waals surface area contributed by atoms with Crippen LogP contribution >= 0.6 is 0 Å². The third kappa shape index (κ3) is 4.53. The Morgan fingerprint density at radius 3 is 2.69 bits per heavy atom. The molecule has 0 unspecified atom stereocenters. The average molecular weight is 355 g/mol. The van der Waals surface area contributed by atoms with Gasteiger partial charge in [-0.15, -0.1) is 0 Å². The van der Waals surface area contributed by atoms with E-state index in [2.05, 4.69) is 10.1 Å². The molecule has 0 radical (unpaired) electrons. The fraction of sp³-hybridized carbons (Fsp3) is 0.300. The van der Waals surface area contributed by atoms with Crippen LogP contribution in [0.3, 0.4) is 0 Å². The zero-order valence-corrected chi connectivity index (χ0v) is 14.6. The zero-order valence-electron chi connectivity index (χ0n) is 14.6. The third-order valence-electron chi connectivity index (χ3n) is 4.16. The second kappa shape index (κ2) is 8.38. The van der Waals surface area contributed by atoms with Crippen LogP contribution < -0.4 is 14.8 Å². The fourth-order valence-electron chi connectivity index (χ4n) is 2.82. The van der Waals surface area contributed by atoms with Crippen molar-refractivity contribution in [3.8, 4) is 11.5 Å². The summed E-state index contributed by atoms with van der Waals surface area (Å²) in [6.45, 7) is 0.500. The molecule has 26 heavy (non-hydrogen) atoms. The van der Waals surface area contributed by atoms with Gasteiger partial charge in [-0.25, -0.2) is 0 Å². The maximum absolute atomic E-state index is 12.2. The summed E-state index contributed by atoms with van der Waals surface area (Å²) in [6, 6.07) is 14.6. The summed E-state index contributed by atoms with van der Waals surface area (Å²) in [6.07, 6.45) is 0.936. The van der Waals surface area contributed by atoms with Gasteiger partial charge in [-0.2, -0.15) is 0 Å². The maximum Gasteiger partial charge on any atom is 0.309 e. The highest BCUT2D eigenvalue weighted by molar-refractivity contribution is 5.78. The van der Waals surface area contributed by atoms with Crippen LogP contribution in [0.15, 0.2) is 48.5 Å². The SMILES string of the molecule is COC(=O)Cc1ccc(OCC(=O)N[C@@H]2CCOc3ccccc32)cc1. The lowest BCUT2D eigenvalue weighted by Gasteiger charge is -2.26. The first kappa shape index (κ1) is 17.8. The van der Waals surface area contributed by atoms with E-state index in [4.69, 9.17) is 9.47 Å². The molecule has 1 N–H and O–H groups in total.